The summed E-state index contributed by atoms with van der Waals surface area (Å²) in [6.07, 6.45) is 0. The summed E-state index contributed by atoms with van der Waals surface area (Å²) in [5.74, 6) is -0.477. The fraction of sp³-hybridized carbons (Fsp3) is 0.333. The summed E-state index contributed by atoms with van der Waals surface area (Å²) < 4.78 is 40.8. The second-order valence-corrected chi connectivity index (χ2v) is 8.00. The minimum atomic E-state index is -3.79. The van der Waals surface area contributed by atoms with Crippen LogP contribution in [0.25, 0.3) is 0 Å². The lowest BCUT2D eigenvalue weighted by Gasteiger charge is -2.31. The highest BCUT2D eigenvalue weighted by Gasteiger charge is 2.32. The molecule has 0 aliphatic heterocycles. The van der Waals surface area contributed by atoms with Crippen molar-refractivity contribution in [3.05, 3.63) is 65.5 Å². The average molecular weight is 335 g/mol. The summed E-state index contributed by atoms with van der Waals surface area (Å²) in [4.78, 5) is 0.0154. The van der Waals surface area contributed by atoms with E-state index in [4.69, 9.17) is 0 Å². The van der Waals surface area contributed by atoms with Crippen LogP contribution < -0.4 is 0 Å². The molecular weight excluding hydrogens is 313 g/mol. The van der Waals surface area contributed by atoms with E-state index < -0.39 is 15.8 Å². The molecule has 0 heterocycles. The van der Waals surface area contributed by atoms with Crippen molar-refractivity contribution in [3.8, 4) is 0 Å². The highest BCUT2D eigenvalue weighted by atomic mass is 32.2. The topological polar surface area (TPSA) is 37.4 Å². The van der Waals surface area contributed by atoms with E-state index in [9.17, 15) is 12.8 Å². The van der Waals surface area contributed by atoms with Crippen molar-refractivity contribution in [2.75, 3.05) is 7.05 Å². The largest absolute Gasteiger partial charge is 0.243 e. The van der Waals surface area contributed by atoms with Gasteiger partial charge in [0.2, 0.25) is 10.0 Å². The molecule has 3 nitrogen and oxygen atoms in total. The van der Waals surface area contributed by atoms with Gasteiger partial charge in [-0.25, -0.2) is 12.8 Å². The number of rotatable bonds is 5. The zero-order valence-electron chi connectivity index (χ0n) is 13.8. The summed E-state index contributed by atoms with van der Waals surface area (Å²) in [5.41, 5.74) is 1.46. The average Bonchev–Trinajstić information content (AvgIpc) is 2.50. The van der Waals surface area contributed by atoms with Crippen LogP contribution in [0.3, 0.4) is 0 Å². The standard InChI is InChI=1S/C18H22FNO2S/c1-13(2)18(15-8-6-5-7-9-15)20(4)23(21,22)17-12-16(19)11-10-14(17)3/h5-13,18H,1-4H3. The molecule has 2 rings (SSSR count). The molecule has 0 amide bonds. The third-order valence-corrected chi connectivity index (χ3v) is 5.95. The molecule has 0 saturated carbocycles. The maximum Gasteiger partial charge on any atom is 0.243 e. The summed E-state index contributed by atoms with van der Waals surface area (Å²) in [5, 5.41) is 0. The van der Waals surface area contributed by atoms with Gasteiger partial charge in [0.15, 0.2) is 0 Å². The zero-order valence-corrected chi connectivity index (χ0v) is 14.6. The number of hydrogen-bond donors (Lipinski definition) is 0. The molecule has 1 atom stereocenters. The molecule has 0 radical (unpaired) electrons. The molecule has 0 aliphatic carbocycles. The SMILES string of the molecule is Cc1ccc(F)cc1S(=O)(=O)N(C)C(c1ccccc1)C(C)C. The Morgan fingerprint density at radius 1 is 1.04 bits per heavy atom. The van der Waals surface area contributed by atoms with E-state index in [1.165, 1.54) is 16.4 Å². The van der Waals surface area contributed by atoms with Gasteiger partial charge in [0.05, 0.1) is 10.9 Å². The molecule has 0 aromatic heterocycles. The molecule has 124 valence electrons. The van der Waals surface area contributed by atoms with Gasteiger partial charge in [-0.05, 0) is 36.1 Å². The fourth-order valence-corrected chi connectivity index (χ4v) is 4.53. The Morgan fingerprint density at radius 3 is 2.22 bits per heavy atom. The minimum Gasteiger partial charge on any atom is -0.207 e. The predicted molar refractivity (Wildman–Crippen MR) is 90.1 cm³/mol. The van der Waals surface area contributed by atoms with Crippen LogP contribution in [0, 0.1) is 18.7 Å². The van der Waals surface area contributed by atoms with E-state index in [0.29, 0.717) is 5.56 Å². The quantitative estimate of drug-likeness (QED) is 0.823. The van der Waals surface area contributed by atoms with Crippen molar-refractivity contribution in [2.24, 2.45) is 5.92 Å². The zero-order chi connectivity index (χ0) is 17.2. The molecule has 0 aliphatic rings. The van der Waals surface area contributed by atoms with E-state index in [-0.39, 0.29) is 16.9 Å². The van der Waals surface area contributed by atoms with Gasteiger partial charge >= 0.3 is 0 Å². The van der Waals surface area contributed by atoms with Gasteiger partial charge in [0, 0.05) is 7.05 Å². The van der Waals surface area contributed by atoms with Crippen molar-refractivity contribution >= 4 is 10.0 Å². The number of benzene rings is 2. The van der Waals surface area contributed by atoms with Crippen molar-refractivity contribution in [2.45, 2.75) is 31.7 Å². The van der Waals surface area contributed by atoms with Crippen LogP contribution in [-0.2, 0) is 10.0 Å². The van der Waals surface area contributed by atoms with Crippen molar-refractivity contribution in [3.63, 3.8) is 0 Å². The predicted octanol–water partition coefficient (Wildman–Crippen LogP) is 4.15. The summed E-state index contributed by atoms with van der Waals surface area (Å²) >= 11 is 0. The van der Waals surface area contributed by atoms with Gasteiger partial charge in [0.1, 0.15) is 5.82 Å². The van der Waals surface area contributed by atoms with Crippen molar-refractivity contribution < 1.29 is 12.8 Å². The molecule has 0 bridgehead atoms. The first-order valence-electron chi connectivity index (χ1n) is 7.54. The van der Waals surface area contributed by atoms with E-state index in [0.717, 1.165) is 11.6 Å². The number of aryl methyl sites for hydroxylation is 1. The molecular formula is C18H22FNO2S. The Morgan fingerprint density at radius 2 is 1.65 bits per heavy atom. The molecule has 5 heteroatoms. The van der Waals surface area contributed by atoms with E-state index >= 15 is 0 Å². The molecule has 2 aromatic carbocycles. The Labute approximate surface area is 137 Å². The fourth-order valence-electron chi connectivity index (χ4n) is 2.82. The van der Waals surface area contributed by atoms with Gasteiger partial charge < -0.3 is 0 Å². The highest BCUT2D eigenvalue weighted by Crippen LogP contribution is 2.32. The van der Waals surface area contributed by atoms with Crippen LogP contribution in [0.1, 0.15) is 31.0 Å². The van der Waals surface area contributed by atoms with Gasteiger partial charge in [-0.15, -0.1) is 0 Å². The number of sulfonamides is 1. The lowest BCUT2D eigenvalue weighted by Crippen LogP contribution is -2.34. The molecule has 0 fully saturated rings. The van der Waals surface area contributed by atoms with E-state index in [2.05, 4.69) is 0 Å². The summed E-state index contributed by atoms with van der Waals surface area (Å²) in [6.45, 7) is 5.62. The maximum atomic E-state index is 13.5. The minimum absolute atomic E-state index is 0.0154. The summed E-state index contributed by atoms with van der Waals surface area (Å²) in [6, 6.07) is 13.0. The summed E-state index contributed by atoms with van der Waals surface area (Å²) in [7, 11) is -2.24. The number of halogens is 1. The van der Waals surface area contributed by atoms with Gasteiger partial charge in [-0.1, -0.05) is 50.2 Å². The Balaban J connectivity index is 2.51. The molecule has 0 spiro atoms. The first-order chi connectivity index (χ1) is 10.7. The Hall–Kier alpha value is -1.72. The van der Waals surface area contributed by atoms with Crippen LogP contribution in [-0.4, -0.2) is 19.8 Å². The van der Waals surface area contributed by atoms with Crippen LogP contribution >= 0.6 is 0 Å². The maximum absolute atomic E-state index is 13.5. The Kier molecular flexibility index (Phi) is 5.22. The lowest BCUT2D eigenvalue weighted by molar-refractivity contribution is 0.300. The first kappa shape index (κ1) is 17.6. The normalized spacial score (nSPS) is 13.5. The van der Waals surface area contributed by atoms with E-state index in [1.807, 2.05) is 44.2 Å². The number of nitrogens with zero attached hydrogens (tertiary/aromatic N) is 1. The van der Waals surface area contributed by atoms with Gasteiger partial charge in [-0.3, -0.25) is 0 Å². The van der Waals surface area contributed by atoms with Gasteiger partial charge in [-0.2, -0.15) is 4.31 Å². The lowest BCUT2D eigenvalue weighted by atomic mass is 9.96. The Bertz CT molecular complexity index is 773. The first-order valence-corrected chi connectivity index (χ1v) is 8.98. The third-order valence-electron chi connectivity index (χ3n) is 3.97. The second-order valence-electron chi connectivity index (χ2n) is 6.03. The molecule has 0 saturated heterocycles. The van der Waals surface area contributed by atoms with E-state index in [1.54, 1.807) is 14.0 Å². The molecule has 2 aromatic rings. The van der Waals surface area contributed by atoms with Crippen molar-refractivity contribution in [1.29, 1.82) is 0 Å². The third kappa shape index (κ3) is 3.62. The molecule has 0 N–H and O–H groups in total. The highest BCUT2D eigenvalue weighted by molar-refractivity contribution is 7.89. The smallest absolute Gasteiger partial charge is 0.207 e. The molecule has 23 heavy (non-hydrogen) atoms. The second kappa shape index (κ2) is 6.81. The van der Waals surface area contributed by atoms with Crippen molar-refractivity contribution in [1.82, 2.24) is 4.31 Å². The monoisotopic (exact) mass is 335 g/mol. The van der Waals surface area contributed by atoms with Crippen LogP contribution in [0.4, 0.5) is 4.39 Å². The van der Waals surface area contributed by atoms with Gasteiger partial charge in [0.25, 0.3) is 0 Å². The van der Waals surface area contributed by atoms with Crippen LogP contribution in [0.2, 0.25) is 0 Å². The number of hydrogen-bond acceptors (Lipinski definition) is 2. The van der Waals surface area contributed by atoms with Crippen LogP contribution in [0.15, 0.2) is 53.4 Å². The molecule has 1 unspecified atom stereocenters. The van der Waals surface area contributed by atoms with Crippen LogP contribution in [0.5, 0.6) is 0 Å².